The van der Waals surface area contributed by atoms with Gasteiger partial charge in [-0.2, -0.15) is 0 Å². The van der Waals surface area contributed by atoms with Crippen LogP contribution in [0.1, 0.15) is 17.9 Å². The molecule has 0 amide bonds. The third-order valence-corrected chi connectivity index (χ3v) is 3.29. The first-order chi connectivity index (χ1) is 6.70. The summed E-state index contributed by atoms with van der Waals surface area (Å²) in [5.41, 5.74) is 0.600. The Labute approximate surface area is 89.6 Å². The van der Waals surface area contributed by atoms with Gasteiger partial charge in [-0.05, 0) is 40.5 Å². The Morgan fingerprint density at radius 1 is 1.36 bits per heavy atom. The summed E-state index contributed by atoms with van der Waals surface area (Å²) in [7, 11) is 0. The molecule has 1 fully saturated rings. The van der Waals surface area contributed by atoms with Gasteiger partial charge in [0.2, 0.25) is 0 Å². The maximum Gasteiger partial charge on any atom is 0.143 e. The van der Waals surface area contributed by atoms with Crippen molar-refractivity contribution in [2.45, 2.75) is 12.3 Å². The largest absolute Gasteiger partial charge is 0.316 e. The fourth-order valence-corrected chi connectivity index (χ4v) is 2.14. The lowest BCUT2D eigenvalue weighted by atomic mass is 9.98. The van der Waals surface area contributed by atoms with Crippen molar-refractivity contribution in [1.82, 2.24) is 5.32 Å². The maximum absolute atomic E-state index is 13.6. The van der Waals surface area contributed by atoms with Crippen molar-refractivity contribution in [3.63, 3.8) is 0 Å². The molecule has 4 heteroatoms. The minimum Gasteiger partial charge on any atom is -0.316 e. The van der Waals surface area contributed by atoms with Crippen molar-refractivity contribution in [2.24, 2.45) is 0 Å². The first-order valence-corrected chi connectivity index (χ1v) is 5.33. The molecule has 76 valence electrons. The van der Waals surface area contributed by atoms with E-state index in [1.807, 2.05) is 0 Å². The summed E-state index contributed by atoms with van der Waals surface area (Å²) in [6.45, 7) is 1.67. The van der Waals surface area contributed by atoms with Crippen LogP contribution >= 0.6 is 15.9 Å². The summed E-state index contributed by atoms with van der Waals surface area (Å²) >= 11 is 2.91. The zero-order chi connectivity index (χ0) is 10.1. The maximum atomic E-state index is 13.6. The van der Waals surface area contributed by atoms with E-state index in [4.69, 9.17) is 0 Å². The highest BCUT2D eigenvalue weighted by Gasteiger charge is 2.22. The molecule has 0 aromatic heterocycles. The average Bonchev–Trinajstić information content (AvgIpc) is 2.67. The van der Waals surface area contributed by atoms with Crippen LogP contribution in [-0.4, -0.2) is 13.1 Å². The third-order valence-electron chi connectivity index (χ3n) is 2.57. The topological polar surface area (TPSA) is 12.0 Å². The minimum atomic E-state index is -0.544. The van der Waals surface area contributed by atoms with Gasteiger partial charge in [0, 0.05) is 12.5 Å². The molecule has 1 atom stereocenters. The summed E-state index contributed by atoms with van der Waals surface area (Å²) in [5, 5.41) is 3.16. The molecule has 1 saturated heterocycles. The highest BCUT2D eigenvalue weighted by Crippen LogP contribution is 2.30. The smallest absolute Gasteiger partial charge is 0.143 e. The highest BCUT2D eigenvalue weighted by atomic mass is 79.9. The molecule has 0 saturated carbocycles. The van der Waals surface area contributed by atoms with Crippen molar-refractivity contribution < 1.29 is 8.78 Å². The first kappa shape index (κ1) is 10.1. The Kier molecular flexibility index (Phi) is 2.83. The number of halogens is 3. The van der Waals surface area contributed by atoms with Gasteiger partial charge >= 0.3 is 0 Å². The van der Waals surface area contributed by atoms with Gasteiger partial charge < -0.3 is 5.32 Å². The molecule has 1 aliphatic heterocycles. The summed E-state index contributed by atoms with van der Waals surface area (Å²) in [4.78, 5) is 0. The van der Waals surface area contributed by atoms with Crippen LogP contribution in [0.25, 0.3) is 0 Å². The van der Waals surface area contributed by atoms with E-state index >= 15 is 0 Å². The van der Waals surface area contributed by atoms with Gasteiger partial charge in [-0.3, -0.25) is 0 Å². The van der Waals surface area contributed by atoms with E-state index in [-0.39, 0.29) is 10.4 Å². The molecule has 0 aliphatic carbocycles. The zero-order valence-corrected chi connectivity index (χ0v) is 9.07. The lowest BCUT2D eigenvalue weighted by Crippen LogP contribution is -2.09. The Morgan fingerprint density at radius 3 is 2.79 bits per heavy atom. The van der Waals surface area contributed by atoms with Crippen LogP contribution in [0.2, 0.25) is 0 Å². The fourth-order valence-electron chi connectivity index (χ4n) is 1.78. The van der Waals surface area contributed by atoms with Gasteiger partial charge in [0.15, 0.2) is 0 Å². The second kappa shape index (κ2) is 3.95. The molecule has 1 unspecified atom stereocenters. The summed E-state index contributed by atoms with van der Waals surface area (Å²) < 4.78 is 26.5. The van der Waals surface area contributed by atoms with Gasteiger partial charge in [-0.15, -0.1) is 0 Å². The number of benzene rings is 1. The predicted octanol–water partition coefficient (Wildman–Crippen LogP) is 2.80. The second-order valence-electron chi connectivity index (χ2n) is 3.45. The molecule has 1 aliphatic rings. The van der Waals surface area contributed by atoms with E-state index < -0.39 is 11.6 Å². The normalized spacial score (nSPS) is 21.5. The highest BCUT2D eigenvalue weighted by molar-refractivity contribution is 9.10. The lowest BCUT2D eigenvalue weighted by molar-refractivity contribution is 0.548. The van der Waals surface area contributed by atoms with Crippen LogP contribution in [0.15, 0.2) is 16.6 Å². The van der Waals surface area contributed by atoms with Gasteiger partial charge in [0.1, 0.15) is 11.6 Å². The molecule has 1 aromatic rings. The van der Waals surface area contributed by atoms with Gasteiger partial charge in [0.25, 0.3) is 0 Å². The van der Waals surface area contributed by atoms with Crippen molar-refractivity contribution in [3.8, 4) is 0 Å². The number of nitrogens with one attached hydrogen (secondary N) is 1. The summed E-state index contributed by atoms with van der Waals surface area (Å²) in [5.74, 6) is -0.831. The van der Waals surface area contributed by atoms with Crippen LogP contribution < -0.4 is 5.32 Å². The molecule has 14 heavy (non-hydrogen) atoms. The standard InChI is InChI=1S/C10H10BrF2N/c11-9-8(12)2-1-7(10(9)13)6-3-4-14-5-6/h1-2,6,14H,3-5H2. The Balaban J connectivity index is 2.38. The predicted molar refractivity (Wildman–Crippen MR) is 54.3 cm³/mol. The van der Waals surface area contributed by atoms with E-state index in [0.717, 1.165) is 19.5 Å². The average molecular weight is 262 g/mol. The number of hydrogen-bond acceptors (Lipinski definition) is 1. The van der Waals surface area contributed by atoms with E-state index in [2.05, 4.69) is 21.2 Å². The number of rotatable bonds is 1. The SMILES string of the molecule is Fc1ccc(C2CCNC2)c(F)c1Br. The lowest BCUT2D eigenvalue weighted by Gasteiger charge is -2.11. The quantitative estimate of drug-likeness (QED) is 0.767. The zero-order valence-electron chi connectivity index (χ0n) is 7.49. The first-order valence-electron chi connectivity index (χ1n) is 4.54. The van der Waals surface area contributed by atoms with E-state index in [9.17, 15) is 8.78 Å². The van der Waals surface area contributed by atoms with Crippen molar-refractivity contribution in [1.29, 1.82) is 0 Å². The molecule has 1 heterocycles. The molecule has 1 aromatic carbocycles. The molecular formula is C10H10BrF2N. The molecule has 0 spiro atoms. The van der Waals surface area contributed by atoms with Crippen LogP contribution in [-0.2, 0) is 0 Å². The Bertz CT molecular complexity index is 348. The van der Waals surface area contributed by atoms with E-state index in [1.54, 1.807) is 0 Å². The van der Waals surface area contributed by atoms with Gasteiger partial charge in [-0.1, -0.05) is 6.07 Å². The fraction of sp³-hybridized carbons (Fsp3) is 0.400. The molecular weight excluding hydrogens is 252 g/mol. The molecule has 0 radical (unpaired) electrons. The van der Waals surface area contributed by atoms with Crippen LogP contribution in [0.5, 0.6) is 0 Å². The Hall–Kier alpha value is -0.480. The van der Waals surface area contributed by atoms with Gasteiger partial charge in [0.05, 0.1) is 4.47 Å². The minimum absolute atomic E-state index is 0.0538. The van der Waals surface area contributed by atoms with Crippen molar-refractivity contribution in [2.75, 3.05) is 13.1 Å². The van der Waals surface area contributed by atoms with Gasteiger partial charge in [-0.25, -0.2) is 8.78 Å². The monoisotopic (exact) mass is 261 g/mol. The van der Waals surface area contributed by atoms with E-state index in [1.165, 1.54) is 12.1 Å². The second-order valence-corrected chi connectivity index (χ2v) is 4.25. The van der Waals surface area contributed by atoms with Crippen LogP contribution in [0.3, 0.4) is 0 Å². The van der Waals surface area contributed by atoms with E-state index in [0.29, 0.717) is 5.56 Å². The number of hydrogen-bond donors (Lipinski definition) is 1. The molecule has 0 bridgehead atoms. The van der Waals surface area contributed by atoms with Crippen molar-refractivity contribution >= 4 is 15.9 Å². The Morgan fingerprint density at radius 2 is 2.14 bits per heavy atom. The van der Waals surface area contributed by atoms with Crippen LogP contribution in [0.4, 0.5) is 8.78 Å². The molecule has 1 nitrogen and oxygen atoms in total. The third kappa shape index (κ3) is 1.68. The molecule has 1 N–H and O–H groups in total. The molecule has 2 rings (SSSR count). The van der Waals surface area contributed by atoms with Crippen molar-refractivity contribution in [3.05, 3.63) is 33.8 Å². The summed E-state index contributed by atoms with van der Waals surface area (Å²) in [6, 6.07) is 2.84. The summed E-state index contributed by atoms with van der Waals surface area (Å²) in [6.07, 6.45) is 0.912. The van der Waals surface area contributed by atoms with Crippen LogP contribution in [0, 0.1) is 11.6 Å².